The highest BCUT2D eigenvalue weighted by molar-refractivity contribution is 5.79. The minimum atomic E-state index is -0.565. The molecule has 1 aromatic heterocycles. The molecule has 35 heavy (non-hydrogen) atoms. The van der Waals surface area contributed by atoms with Crippen LogP contribution in [0.25, 0.3) is 22.2 Å². The van der Waals surface area contributed by atoms with Crippen molar-refractivity contribution in [3.63, 3.8) is 0 Å². The molecular weight excluding hydrogens is 442 g/mol. The Labute approximate surface area is 204 Å². The van der Waals surface area contributed by atoms with Crippen LogP contribution in [0.2, 0.25) is 0 Å². The van der Waals surface area contributed by atoms with Gasteiger partial charge >= 0.3 is 6.09 Å². The van der Waals surface area contributed by atoms with Crippen LogP contribution >= 0.6 is 0 Å². The van der Waals surface area contributed by atoms with E-state index >= 15 is 0 Å². The van der Waals surface area contributed by atoms with Crippen LogP contribution in [-0.2, 0) is 27.9 Å². The first-order valence-electron chi connectivity index (χ1n) is 11.7. The fourth-order valence-electron chi connectivity index (χ4n) is 4.87. The van der Waals surface area contributed by atoms with Crippen LogP contribution < -0.4 is 0 Å². The van der Waals surface area contributed by atoms with Gasteiger partial charge in [-0.1, -0.05) is 60.7 Å². The Balaban J connectivity index is 1.39. The first-order valence-corrected chi connectivity index (χ1v) is 11.7. The van der Waals surface area contributed by atoms with E-state index in [0.717, 1.165) is 11.0 Å². The van der Waals surface area contributed by atoms with Gasteiger partial charge in [-0.2, -0.15) is 0 Å². The Hall–Kier alpha value is -3.68. The van der Waals surface area contributed by atoms with E-state index in [0.29, 0.717) is 12.4 Å². The van der Waals surface area contributed by atoms with Crippen molar-refractivity contribution in [3.8, 4) is 11.1 Å². The molecule has 0 aliphatic heterocycles. The third-order valence-corrected chi connectivity index (χ3v) is 6.72. The monoisotopic (exact) mass is 471 g/mol. The van der Waals surface area contributed by atoms with Crippen LogP contribution in [0.3, 0.4) is 0 Å². The molecule has 0 saturated carbocycles. The molecule has 7 nitrogen and oxygen atoms in total. The molecule has 1 aliphatic carbocycles. The van der Waals surface area contributed by atoms with Gasteiger partial charge in [0.2, 0.25) is 0 Å². The Morgan fingerprint density at radius 2 is 1.54 bits per heavy atom. The number of carbonyl (C=O) groups excluding carboxylic acids is 1. The normalized spacial score (nSPS) is 12.7. The van der Waals surface area contributed by atoms with Gasteiger partial charge in [0.25, 0.3) is 0 Å². The van der Waals surface area contributed by atoms with Gasteiger partial charge in [0, 0.05) is 33.7 Å². The second kappa shape index (κ2) is 9.90. The van der Waals surface area contributed by atoms with Crippen molar-refractivity contribution in [2.45, 2.75) is 18.8 Å². The number of amides is 1. The van der Waals surface area contributed by atoms with Gasteiger partial charge in [0.05, 0.1) is 17.6 Å². The van der Waals surface area contributed by atoms with E-state index < -0.39 is 12.4 Å². The summed E-state index contributed by atoms with van der Waals surface area (Å²) in [6.45, 7) is 0.761. The van der Waals surface area contributed by atoms with E-state index in [1.165, 1.54) is 22.3 Å². The van der Waals surface area contributed by atoms with Crippen LogP contribution in [-0.4, -0.2) is 54.1 Å². The van der Waals surface area contributed by atoms with Gasteiger partial charge in [0.15, 0.2) is 12.9 Å². The van der Waals surface area contributed by atoms with E-state index in [1.54, 1.807) is 19.1 Å². The zero-order valence-electron chi connectivity index (χ0n) is 20.2. The zero-order chi connectivity index (χ0) is 24.4. The summed E-state index contributed by atoms with van der Waals surface area (Å²) in [5.74, 6) is 0.714. The lowest BCUT2D eigenvalue weighted by molar-refractivity contribution is -0.114. The Morgan fingerprint density at radius 3 is 2.17 bits per heavy atom. The maximum absolute atomic E-state index is 13.4. The molecule has 0 saturated heterocycles. The molecule has 0 atom stereocenters. The number of ether oxygens (including phenoxy) is 3. The topological polar surface area (TPSA) is 65.8 Å². The van der Waals surface area contributed by atoms with E-state index in [2.05, 4.69) is 29.2 Å². The average Bonchev–Trinajstić information content (AvgIpc) is 3.39. The molecule has 5 rings (SSSR count). The molecule has 4 aromatic rings. The molecule has 1 aliphatic rings. The third-order valence-electron chi connectivity index (χ3n) is 6.72. The molecule has 180 valence electrons. The maximum atomic E-state index is 13.4. The number of aromatic nitrogens is 2. The number of hydrogen-bond acceptors (Lipinski definition) is 5. The second-order valence-electron chi connectivity index (χ2n) is 8.66. The van der Waals surface area contributed by atoms with Gasteiger partial charge in [0.1, 0.15) is 5.82 Å². The van der Waals surface area contributed by atoms with Gasteiger partial charge in [-0.05, 0) is 34.4 Å². The van der Waals surface area contributed by atoms with Crippen LogP contribution in [0.4, 0.5) is 4.79 Å². The lowest BCUT2D eigenvalue weighted by atomic mass is 9.96. The summed E-state index contributed by atoms with van der Waals surface area (Å²) in [5.41, 5.74) is 6.68. The van der Waals surface area contributed by atoms with Gasteiger partial charge in [-0.25, -0.2) is 9.78 Å². The lowest BCUT2D eigenvalue weighted by Crippen LogP contribution is -2.41. The SMILES string of the molecule is COC(CN(CC1c2ccccc2-c2ccccc21)C(=O)OCc1nc2ccccc2n1C)OC. The number of rotatable bonds is 8. The van der Waals surface area contributed by atoms with Crippen LogP contribution in [0.1, 0.15) is 22.9 Å². The molecule has 1 heterocycles. The van der Waals surface area contributed by atoms with Crippen molar-refractivity contribution in [1.29, 1.82) is 0 Å². The van der Waals surface area contributed by atoms with Crippen LogP contribution in [0.5, 0.6) is 0 Å². The van der Waals surface area contributed by atoms with E-state index in [4.69, 9.17) is 14.2 Å². The molecule has 7 heteroatoms. The number of para-hydroxylation sites is 2. The predicted molar refractivity (Wildman–Crippen MR) is 134 cm³/mol. The fourth-order valence-corrected chi connectivity index (χ4v) is 4.87. The summed E-state index contributed by atoms with van der Waals surface area (Å²) in [7, 11) is 5.06. The minimum absolute atomic E-state index is 0.0278. The summed E-state index contributed by atoms with van der Waals surface area (Å²) in [6.07, 6.45) is -0.997. The van der Waals surface area contributed by atoms with E-state index in [1.807, 2.05) is 60.1 Å². The van der Waals surface area contributed by atoms with E-state index in [-0.39, 0.29) is 19.1 Å². The highest BCUT2D eigenvalue weighted by atomic mass is 16.7. The van der Waals surface area contributed by atoms with Gasteiger partial charge < -0.3 is 23.7 Å². The number of imidazole rings is 1. The first-order chi connectivity index (χ1) is 17.1. The Kier molecular flexibility index (Phi) is 6.53. The molecule has 3 aromatic carbocycles. The van der Waals surface area contributed by atoms with Crippen molar-refractivity contribution in [3.05, 3.63) is 89.7 Å². The largest absolute Gasteiger partial charge is 0.441 e. The zero-order valence-corrected chi connectivity index (χ0v) is 20.2. The molecular formula is C28H29N3O4. The van der Waals surface area contributed by atoms with Crippen molar-refractivity contribution >= 4 is 17.1 Å². The summed E-state index contributed by atoms with van der Waals surface area (Å²) in [5, 5.41) is 0. The highest BCUT2D eigenvalue weighted by Gasteiger charge is 2.32. The molecule has 0 spiro atoms. The molecule has 0 bridgehead atoms. The first kappa shape index (κ1) is 23.1. The Morgan fingerprint density at radius 1 is 0.943 bits per heavy atom. The number of fused-ring (bicyclic) bond motifs is 4. The fraction of sp³-hybridized carbons (Fsp3) is 0.286. The molecule has 0 unspecified atom stereocenters. The summed E-state index contributed by atoms with van der Waals surface area (Å²) in [6, 6.07) is 24.6. The quantitative estimate of drug-likeness (QED) is 0.341. The molecule has 0 fully saturated rings. The Bertz CT molecular complexity index is 1300. The van der Waals surface area contributed by atoms with Crippen LogP contribution in [0, 0.1) is 0 Å². The summed E-state index contributed by atoms with van der Waals surface area (Å²) >= 11 is 0. The van der Waals surface area contributed by atoms with E-state index in [9.17, 15) is 4.79 Å². The number of aryl methyl sites for hydroxylation is 1. The predicted octanol–water partition coefficient (Wildman–Crippen LogP) is 4.94. The smallest absolute Gasteiger partial charge is 0.410 e. The van der Waals surface area contributed by atoms with Crippen molar-refractivity contribution < 1.29 is 19.0 Å². The summed E-state index contributed by atoms with van der Waals surface area (Å²) < 4.78 is 18.6. The average molecular weight is 472 g/mol. The third kappa shape index (κ3) is 4.40. The van der Waals surface area contributed by atoms with Gasteiger partial charge in [-0.15, -0.1) is 0 Å². The summed E-state index contributed by atoms with van der Waals surface area (Å²) in [4.78, 5) is 19.7. The minimum Gasteiger partial charge on any atom is -0.441 e. The molecule has 0 N–H and O–H groups in total. The molecule has 1 amide bonds. The van der Waals surface area contributed by atoms with Crippen LogP contribution in [0.15, 0.2) is 72.8 Å². The standard InChI is InChI=1S/C28H29N3O4/c1-30-25-15-9-8-14-24(25)29-26(30)18-35-28(32)31(17-27(33-2)34-3)16-23-21-12-6-4-10-19(21)20-11-5-7-13-22(20)23/h4-15,23,27H,16-18H2,1-3H3. The lowest BCUT2D eigenvalue weighted by Gasteiger charge is -2.28. The number of carbonyl (C=O) groups is 1. The van der Waals surface area contributed by atoms with Crippen molar-refractivity contribution in [2.75, 3.05) is 27.3 Å². The number of benzene rings is 3. The number of hydrogen-bond donors (Lipinski definition) is 0. The number of nitrogens with zero attached hydrogens (tertiary/aromatic N) is 3. The maximum Gasteiger partial charge on any atom is 0.410 e. The number of methoxy groups -OCH3 is 2. The highest BCUT2D eigenvalue weighted by Crippen LogP contribution is 2.44. The van der Waals surface area contributed by atoms with Crippen molar-refractivity contribution in [2.24, 2.45) is 7.05 Å². The van der Waals surface area contributed by atoms with Gasteiger partial charge in [-0.3, -0.25) is 0 Å². The van der Waals surface area contributed by atoms with Crippen molar-refractivity contribution in [1.82, 2.24) is 14.5 Å². The second-order valence-corrected chi connectivity index (χ2v) is 8.66. The molecule has 0 radical (unpaired) electrons.